The summed E-state index contributed by atoms with van der Waals surface area (Å²) in [6, 6.07) is 10.1. The third-order valence-corrected chi connectivity index (χ3v) is 3.02. The molecule has 0 fully saturated rings. The van der Waals surface area contributed by atoms with Crippen LogP contribution in [0.25, 0.3) is 22.6 Å². The van der Waals surface area contributed by atoms with Crippen LogP contribution in [-0.2, 0) is 0 Å². The van der Waals surface area contributed by atoms with Crippen LogP contribution in [0.5, 0.6) is 5.88 Å². The van der Waals surface area contributed by atoms with Crippen molar-refractivity contribution >= 4 is 11.2 Å². The first-order chi connectivity index (χ1) is 9.15. The minimum absolute atomic E-state index is 0.575. The Balaban J connectivity index is 2.14. The number of ether oxygens (including phenoxy) is 1. The quantitative estimate of drug-likeness (QED) is 0.762. The third-order valence-electron chi connectivity index (χ3n) is 3.02. The summed E-state index contributed by atoms with van der Waals surface area (Å²) in [4.78, 5) is 12.1. The Morgan fingerprint density at radius 3 is 2.42 bits per heavy atom. The number of fused-ring (bicyclic) bond motifs is 1. The Kier molecular flexibility index (Phi) is 2.71. The van der Waals surface area contributed by atoms with E-state index >= 15 is 0 Å². The van der Waals surface area contributed by atoms with Gasteiger partial charge in [0.2, 0.25) is 5.88 Å². The first-order valence-corrected chi connectivity index (χ1v) is 6.15. The van der Waals surface area contributed by atoms with E-state index in [4.69, 9.17) is 4.74 Å². The molecule has 4 nitrogen and oxygen atoms in total. The van der Waals surface area contributed by atoms with Crippen LogP contribution in [0.2, 0.25) is 0 Å². The van der Waals surface area contributed by atoms with Gasteiger partial charge < -0.3 is 9.72 Å². The zero-order valence-electron chi connectivity index (χ0n) is 11.2. The van der Waals surface area contributed by atoms with E-state index < -0.39 is 0 Å². The molecular formula is C15H15N3O. The van der Waals surface area contributed by atoms with Gasteiger partial charge in [-0.2, -0.15) is 4.98 Å². The average Bonchev–Trinajstić information content (AvgIpc) is 2.80. The molecule has 0 bridgehead atoms. The van der Waals surface area contributed by atoms with Gasteiger partial charge in [0.1, 0.15) is 5.82 Å². The fraction of sp³-hybridized carbons (Fsp3) is 0.200. The summed E-state index contributed by atoms with van der Waals surface area (Å²) in [6.45, 7) is 4.17. The molecule has 0 spiro atoms. The Morgan fingerprint density at radius 2 is 1.74 bits per heavy atom. The van der Waals surface area contributed by atoms with Crippen molar-refractivity contribution in [3.05, 3.63) is 41.5 Å². The molecule has 0 aliphatic rings. The maximum atomic E-state index is 5.11. The van der Waals surface area contributed by atoms with Gasteiger partial charge in [-0.25, -0.2) is 4.98 Å². The van der Waals surface area contributed by atoms with Crippen LogP contribution in [0, 0.1) is 13.8 Å². The number of imidazole rings is 1. The van der Waals surface area contributed by atoms with E-state index in [1.807, 2.05) is 12.1 Å². The number of nitrogens with zero attached hydrogens (tertiary/aromatic N) is 2. The zero-order chi connectivity index (χ0) is 13.4. The predicted octanol–water partition coefficient (Wildman–Crippen LogP) is 3.25. The van der Waals surface area contributed by atoms with E-state index in [-0.39, 0.29) is 0 Å². The van der Waals surface area contributed by atoms with Gasteiger partial charge >= 0.3 is 0 Å². The third kappa shape index (κ3) is 2.17. The molecule has 3 aromatic rings. The standard InChI is InChI=1S/C15H15N3O/c1-9-6-10(2)8-11(7-9)14-16-12-4-5-13(19-3)17-15(12)18-14/h4-8H,1-3H3,(H,16,17,18). The molecule has 1 aromatic carbocycles. The van der Waals surface area contributed by atoms with E-state index in [1.165, 1.54) is 11.1 Å². The summed E-state index contributed by atoms with van der Waals surface area (Å²) >= 11 is 0. The maximum absolute atomic E-state index is 5.11. The van der Waals surface area contributed by atoms with Crippen LogP contribution in [0.4, 0.5) is 0 Å². The van der Waals surface area contributed by atoms with Crippen molar-refractivity contribution in [1.29, 1.82) is 0 Å². The zero-order valence-corrected chi connectivity index (χ0v) is 11.2. The molecule has 96 valence electrons. The van der Waals surface area contributed by atoms with Crippen LogP contribution in [0.3, 0.4) is 0 Å². The lowest BCUT2D eigenvalue weighted by Crippen LogP contribution is -1.86. The molecule has 0 amide bonds. The molecule has 0 aliphatic heterocycles. The normalized spacial score (nSPS) is 10.9. The van der Waals surface area contributed by atoms with Gasteiger partial charge in [-0.05, 0) is 32.0 Å². The number of methoxy groups -OCH3 is 1. The lowest BCUT2D eigenvalue weighted by Gasteiger charge is -2.01. The van der Waals surface area contributed by atoms with E-state index in [9.17, 15) is 0 Å². The Morgan fingerprint density at radius 1 is 1.00 bits per heavy atom. The van der Waals surface area contributed by atoms with Crippen molar-refractivity contribution in [3.8, 4) is 17.3 Å². The summed E-state index contributed by atoms with van der Waals surface area (Å²) in [5, 5.41) is 0. The lowest BCUT2D eigenvalue weighted by molar-refractivity contribution is 0.399. The van der Waals surface area contributed by atoms with Gasteiger partial charge in [0.05, 0.1) is 12.6 Å². The smallest absolute Gasteiger partial charge is 0.215 e. The molecular weight excluding hydrogens is 238 g/mol. The second kappa shape index (κ2) is 4.39. The van der Waals surface area contributed by atoms with E-state index in [1.54, 1.807) is 7.11 Å². The fourth-order valence-corrected chi connectivity index (χ4v) is 2.24. The van der Waals surface area contributed by atoms with Crippen molar-refractivity contribution < 1.29 is 4.74 Å². The van der Waals surface area contributed by atoms with E-state index in [2.05, 4.69) is 47.0 Å². The summed E-state index contributed by atoms with van der Waals surface area (Å²) in [5.74, 6) is 1.41. The minimum Gasteiger partial charge on any atom is -0.481 e. The predicted molar refractivity (Wildman–Crippen MR) is 75.4 cm³/mol. The van der Waals surface area contributed by atoms with E-state index in [0.29, 0.717) is 11.5 Å². The van der Waals surface area contributed by atoms with Crippen molar-refractivity contribution in [1.82, 2.24) is 15.0 Å². The number of benzene rings is 1. The number of aromatic amines is 1. The SMILES string of the molecule is COc1ccc2[nH]c(-c3cc(C)cc(C)c3)nc2n1. The van der Waals surface area contributed by atoms with Crippen molar-refractivity contribution in [2.45, 2.75) is 13.8 Å². The molecule has 0 unspecified atom stereocenters. The van der Waals surface area contributed by atoms with Crippen molar-refractivity contribution in [3.63, 3.8) is 0 Å². The number of nitrogens with one attached hydrogen (secondary N) is 1. The van der Waals surface area contributed by atoms with Crippen LogP contribution in [0.15, 0.2) is 30.3 Å². The van der Waals surface area contributed by atoms with Gasteiger partial charge in [-0.1, -0.05) is 17.2 Å². The highest BCUT2D eigenvalue weighted by Crippen LogP contribution is 2.23. The first kappa shape index (κ1) is 11.7. The average molecular weight is 253 g/mol. The number of rotatable bonds is 2. The largest absolute Gasteiger partial charge is 0.481 e. The van der Waals surface area contributed by atoms with E-state index in [0.717, 1.165) is 16.9 Å². The highest BCUT2D eigenvalue weighted by molar-refractivity contribution is 5.76. The molecule has 19 heavy (non-hydrogen) atoms. The molecule has 0 atom stereocenters. The molecule has 0 aliphatic carbocycles. The molecule has 0 saturated heterocycles. The lowest BCUT2D eigenvalue weighted by atomic mass is 10.1. The number of hydrogen-bond acceptors (Lipinski definition) is 3. The maximum Gasteiger partial charge on any atom is 0.215 e. The van der Waals surface area contributed by atoms with Gasteiger partial charge in [0.25, 0.3) is 0 Å². The molecule has 0 radical (unpaired) electrons. The van der Waals surface area contributed by atoms with Crippen LogP contribution in [-0.4, -0.2) is 22.1 Å². The molecule has 0 saturated carbocycles. The Bertz CT molecular complexity index is 726. The fourth-order valence-electron chi connectivity index (χ4n) is 2.24. The van der Waals surface area contributed by atoms with Gasteiger partial charge in [0, 0.05) is 11.6 Å². The Labute approximate surface area is 111 Å². The van der Waals surface area contributed by atoms with Crippen molar-refractivity contribution in [2.75, 3.05) is 7.11 Å². The molecule has 2 heterocycles. The molecule has 3 rings (SSSR count). The molecule has 1 N–H and O–H groups in total. The van der Waals surface area contributed by atoms with Crippen LogP contribution in [0.1, 0.15) is 11.1 Å². The number of H-pyrrole nitrogens is 1. The van der Waals surface area contributed by atoms with Gasteiger partial charge in [-0.3, -0.25) is 0 Å². The number of aryl methyl sites for hydroxylation is 2. The second-order valence-corrected chi connectivity index (χ2v) is 4.69. The Hall–Kier alpha value is -2.36. The first-order valence-electron chi connectivity index (χ1n) is 6.15. The summed E-state index contributed by atoms with van der Waals surface area (Å²) in [6.07, 6.45) is 0. The number of pyridine rings is 1. The van der Waals surface area contributed by atoms with Gasteiger partial charge in [0.15, 0.2) is 5.65 Å². The molecule has 2 aromatic heterocycles. The van der Waals surface area contributed by atoms with Crippen LogP contribution < -0.4 is 4.74 Å². The summed E-state index contributed by atoms with van der Waals surface area (Å²) in [5.41, 5.74) is 5.11. The number of aromatic nitrogens is 3. The highest BCUT2D eigenvalue weighted by Gasteiger charge is 2.08. The monoisotopic (exact) mass is 253 g/mol. The van der Waals surface area contributed by atoms with Crippen molar-refractivity contribution in [2.24, 2.45) is 0 Å². The van der Waals surface area contributed by atoms with Crippen LogP contribution >= 0.6 is 0 Å². The van der Waals surface area contributed by atoms with Gasteiger partial charge in [-0.15, -0.1) is 0 Å². The highest BCUT2D eigenvalue weighted by atomic mass is 16.5. The summed E-state index contributed by atoms with van der Waals surface area (Å²) in [7, 11) is 1.60. The summed E-state index contributed by atoms with van der Waals surface area (Å²) < 4.78 is 5.11. The molecule has 4 heteroatoms. The minimum atomic E-state index is 0.575. The topological polar surface area (TPSA) is 50.8 Å². The number of hydrogen-bond donors (Lipinski definition) is 1. The second-order valence-electron chi connectivity index (χ2n) is 4.69.